The van der Waals surface area contributed by atoms with Crippen LogP contribution in [0.4, 0.5) is 4.39 Å². The smallest absolute Gasteiger partial charge is 0.162 e. The lowest BCUT2D eigenvalue weighted by Gasteiger charge is -2.14. The number of halogens is 3. The lowest BCUT2D eigenvalue weighted by atomic mass is 10.0. The van der Waals surface area contributed by atoms with Crippen molar-refractivity contribution in [1.82, 2.24) is 0 Å². The summed E-state index contributed by atoms with van der Waals surface area (Å²) in [5.74, 6) is 0.798. The minimum Gasteiger partial charge on any atom is -0.490 e. The van der Waals surface area contributed by atoms with Crippen LogP contribution in [0.25, 0.3) is 11.6 Å². The first-order valence-corrected chi connectivity index (χ1v) is 10.4. The molecule has 0 saturated carbocycles. The highest BCUT2D eigenvalue weighted by atomic mass is 79.9. The van der Waals surface area contributed by atoms with Gasteiger partial charge in [0.05, 0.1) is 18.2 Å². The fourth-order valence-corrected chi connectivity index (χ4v) is 3.46. The molecule has 0 atom stereocenters. The Labute approximate surface area is 188 Å². The van der Waals surface area contributed by atoms with Gasteiger partial charge in [0.15, 0.2) is 11.5 Å². The summed E-state index contributed by atoms with van der Waals surface area (Å²) in [6, 6.07) is 19.1. The second kappa shape index (κ2) is 10.3. The van der Waals surface area contributed by atoms with E-state index in [1.807, 2.05) is 25.1 Å². The van der Waals surface area contributed by atoms with E-state index in [4.69, 9.17) is 21.1 Å². The summed E-state index contributed by atoms with van der Waals surface area (Å²) in [6.45, 7) is 2.60. The molecular weight excluding hydrogens is 469 g/mol. The largest absolute Gasteiger partial charge is 0.490 e. The molecule has 0 aliphatic heterocycles. The second-order valence-electron chi connectivity index (χ2n) is 6.32. The Balaban J connectivity index is 1.93. The van der Waals surface area contributed by atoms with Crippen LogP contribution in [0.1, 0.15) is 23.6 Å². The van der Waals surface area contributed by atoms with E-state index in [0.29, 0.717) is 34.3 Å². The zero-order valence-corrected chi connectivity index (χ0v) is 18.5. The number of nitriles is 1. The van der Waals surface area contributed by atoms with Crippen LogP contribution in [-0.2, 0) is 6.61 Å². The van der Waals surface area contributed by atoms with Crippen molar-refractivity contribution in [3.63, 3.8) is 0 Å². The predicted molar refractivity (Wildman–Crippen MR) is 121 cm³/mol. The topological polar surface area (TPSA) is 42.2 Å². The van der Waals surface area contributed by atoms with E-state index in [2.05, 4.69) is 22.0 Å². The van der Waals surface area contributed by atoms with E-state index in [1.54, 1.807) is 36.4 Å². The standard InChI is InChI=1S/C24H18BrClFNO2/c1-2-29-23-12-17(11-18(14-28)20-5-3-4-6-22(20)26)21(25)13-24(23)30-15-16-7-9-19(27)10-8-16/h3-13H,2,15H2,1H3. The van der Waals surface area contributed by atoms with Crippen molar-refractivity contribution in [3.05, 3.63) is 92.7 Å². The quantitative estimate of drug-likeness (QED) is 0.260. The van der Waals surface area contributed by atoms with Gasteiger partial charge in [-0.1, -0.05) is 57.9 Å². The van der Waals surface area contributed by atoms with E-state index in [-0.39, 0.29) is 12.4 Å². The molecule has 0 spiro atoms. The number of hydrogen-bond acceptors (Lipinski definition) is 3. The Bertz CT molecular complexity index is 1110. The number of hydrogen-bond donors (Lipinski definition) is 0. The summed E-state index contributed by atoms with van der Waals surface area (Å²) in [5, 5.41) is 10.1. The summed E-state index contributed by atoms with van der Waals surface area (Å²) in [6.07, 6.45) is 1.75. The fourth-order valence-electron chi connectivity index (χ4n) is 2.79. The number of benzene rings is 3. The zero-order valence-electron chi connectivity index (χ0n) is 16.2. The van der Waals surface area contributed by atoms with E-state index in [0.717, 1.165) is 15.6 Å². The molecule has 3 rings (SSSR count). The number of nitrogens with zero attached hydrogens (tertiary/aromatic N) is 1. The molecule has 3 aromatic carbocycles. The van der Waals surface area contributed by atoms with Gasteiger partial charge in [-0.25, -0.2) is 4.39 Å². The average Bonchev–Trinajstić information content (AvgIpc) is 2.74. The minimum absolute atomic E-state index is 0.269. The lowest BCUT2D eigenvalue weighted by molar-refractivity contribution is 0.269. The number of ether oxygens (including phenoxy) is 2. The normalized spacial score (nSPS) is 11.1. The Hall–Kier alpha value is -2.81. The highest BCUT2D eigenvalue weighted by Crippen LogP contribution is 2.36. The van der Waals surface area contributed by atoms with Crippen LogP contribution in [0.2, 0.25) is 5.02 Å². The summed E-state index contributed by atoms with van der Waals surface area (Å²) in [4.78, 5) is 0. The van der Waals surface area contributed by atoms with Crippen LogP contribution < -0.4 is 9.47 Å². The maximum atomic E-state index is 13.1. The molecule has 30 heavy (non-hydrogen) atoms. The van der Waals surface area contributed by atoms with Crippen LogP contribution in [0, 0.1) is 17.1 Å². The van der Waals surface area contributed by atoms with Crippen molar-refractivity contribution >= 4 is 39.2 Å². The van der Waals surface area contributed by atoms with Gasteiger partial charge in [-0.3, -0.25) is 0 Å². The van der Waals surface area contributed by atoms with E-state index in [1.165, 1.54) is 12.1 Å². The Morgan fingerprint density at radius 1 is 1.10 bits per heavy atom. The summed E-state index contributed by atoms with van der Waals surface area (Å²) >= 11 is 9.79. The molecule has 0 saturated heterocycles. The van der Waals surface area contributed by atoms with Crippen LogP contribution in [-0.4, -0.2) is 6.61 Å². The van der Waals surface area contributed by atoms with Crippen molar-refractivity contribution in [2.75, 3.05) is 6.61 Å². The summed E-state index contributed by atoms with van der Waals surface area (Å²) in [7, 11) is 0. The van der Waals surface area contributed by atoms with Gasteiger partial charge in [0, 0.05) is 15.1 Å². The van der Waals surface area contributed by atoms with E-state index >= 15 is 0 Å². The van der Waals surface area contributed by atoms with Crippen molar-refractivity contribution < 1.29 is 13.9 Å². The van der Waals surface area contributed by atoms with Gasteiger partial charge in [0.1, 0.15) is 12.4 Å². The molecule has 0 N–H and O–H groups in total. The molecule has 0 aliphatic rings. The molecule has 0 fully saturated rings. The van der Waals surface area contributed by atoms with Crippen LogP contribution in [0.15, 0.2) is 65.1 Å². The molecule has 0 aliphatic carbocycles. The first-order chi connectivity index (χ1) is 14.5. The first kappa shape index (κ1) is 21.9. The van der Waals surface area contributed by atoms with Gasteiger partial charge in [-0.05, 0) is 54.5 Å². The van der Waals surface area contributed by atoms with E-state index in [9.17, 15) is 9.65 Å². The molecule has 152 valence electrons. The molecule has 0 amide bonds. The first-order valence-electron chi connectivity index (χ1n) is 9.22. The third-order valence-corrected chi connectivity index (χ3v) is 5.27. The third kappa shape index (κ3) is 5.41. The molecule has 3 aromatic rings. The molecule has 0 radical (unpaired) electrons. The molecule has 3 nitrogen and oxygen atoms in total. The zero-order chi connectivity index (χ0) is 21.5. The number of allylic oxidation sites excluding steroid dienone is 1. The van der Waals surface area contributed by atoms with Crippen molar-refractivity contribution in [3.8, 4) is 17.6 Å². The van der Waals surface area contributed by atoms with Crippen LogP contribution in [0.3, 0.4) is 0 Å². The molecule has 6 heteroatoms. The molecular formula is C24H18BrClFNO2. The maximum Gasteiger partial charge on any atom is 0.162 e. The highest BCUT2D eigenvalue weighted by Gasteiger charge is 2.13. The lowest BCUT2D eigenvalue weighted by Crippen LogP contribution is -2.00. The summed E-state index contributed by atoms with van der Waals surface area (Å²) < 4.78 is 25.5. The average molecular weight is 487 g/mol. The van der Waals surface area contributed by atoms with Gasteiger partial charge in [0.25, 0.3) is 0 Å². The van der Waals surface area contributed by atoms with Crippen molar-refractivity contribution in [1.29, 1.82) is 5.26 Å². The van der Waals surface area contributed by atoms with Crippen molar-refractivity contribution in [2.24, 2.45) is 0 Å². The fraction of sp³-hybridized carbons (Fsp3) is 0.125. The third-order valence-electron chi connectivity index (χ3n) is 4.25. The SMILES string of the molecule is CCOc1cc(C=C(C#N)c2ccccc2Cl)c(Br)cc1OCc1ccc(F)cc1. The second-order valence-corrected chi connectivity index (χ2v) is 7.58. The molecule has 0 aromatic heterocycles. The monoisotopic (exact) mass is 485 g/mol. The van der Waals surface area contributed by atoms with Gasteiger partial charge in [0.2, 0.25) is 0 Å². The Morgan fingerprint density at radius 2 is 1.80 bits per heavy atom. The number of rotatable bonds is 7. The molecule has 0 heterocycles. The highest BCUT2D eigenvalue weighted by molar-refractivity contribution is 9.10. The Kier molecular flexibility index (Phi) is 7.51. The molecule has 0 bridgehead atoms. The minimum atomic E-state index is -0.292. The predicted octanol–water partition coefficient (Wildman–Crippen LogP) is 7.28. The van der Waals surface area contributed by atoms with Gasteiger partial charge in [-0.2, -0.15) is 5.26 Å². The van der Waals surface area contributed by atoms with Crippen LogP contribution in [0.5, 0.6) is 11.5 Å². The van der Waals surface area contributed by atoms with Gasteiger partial charge < -0.3 is 9.47 Å². The summed E-state index contributed by atoms with van der Waals surface area (Å²) in [5.41, 5.74) is 2.68. The van der Waals surface area contributed by atoms with E-state index < -0.39 is 0 Å². The Morgan fingerprint density at radius 3 is 2.47 bits per heavy atom. The van der Waals surface area contributed by atoms with Crippen LogP contribution >= 0.6 is 27.5 Å². The molecule has 0 unspecified atom stereocenters. The maximum absolute atomic E-state index is 13.1. The van der Waals surface area contributed by atoms with Gasteiger partial charge >= 0.3 is 0 Å². The van der Waals surface area contributed by atoms with Gasteiger partial charge in [-0.15, -0.1) is 0 Å². The van der Waals surface area contributed by atoms with Crippen molar-refractivity contribution in [2.45, 2.75) is 13.5 Å².